The first kappa shape index (κ1) is 72.2. The van der Waals surface area contributed by atoms with Crippen molar-refractivity contribution in [1.29, 1.82) is 0 Å². The Hall–Kier alpha value is -0.810. The van der Waals surface area contributed by atoms with Gasteiger partial charge in [-0.15, -0.1) is 0 Å². The molecule has 9 heteroatoms. The molecule has 0 saturated carbocycles. The van der Waals surface area contributed by atoms with E-state index in [2.05, 4.69) is 19.2 Å². The van der Waals surface area contributed by atoms with Gasteiger partial charge in [-0.1, -0.05) is 341 Å². The largest absolute Gasteiger partial charge is 0.394 e. The number of hydrogen-bond acceptors (Lipinski definition) is 8. The molecule has 0 aromatic carbocycles. The minimum atomic E-state index is -1.55. The van der Waals surface area contributed by atoms with Crippen LogP contribution in [0.1, 0.15) is 361 Å². The fraction of sp³-hybridized carbons (Fsp3) is 0.985. The maximum absolute atomic E-state index is 13.1. The summed E-state index contributed by atoms with van der Waals surface area (Å²) < 4.78 is 11.4. The molecule has 0 radical (unpaired) electrons. The lowest BCUT2D eigenvalue weighted by Gasteiger charge is -2.40. The molecule has 7 atom stereocenters. The number of ether oxygens (including phenoxy) is 2. The Morgan fingerprint density at radius 2 is 0.667 bits per heavy atom. The van der Waals surface area contributed by atoms with Gasteiger partial charge in [-0.2, -0.15) is 0 Å². The number of amides is 1. The fourth-order valence-corrected chi connectivity index (χ4v) is 11.4. The summed E-state index contributed by atoms with van der Waals surface area (Å²) in [5.41, 5.74) is 0. The van der Waals surface area contributed by atoms with Crippen molar-refractivity contribution in [3.8, 4) is 0 Å². The quantitative estimate of drug-likeness (QED) is 0.0330. The summed E-state index contributed by atoms with van der Waals surface area (Å²) in [5, 5.41) is 54.9. The fourth-order valence-electron chi connectivity index (χ4n) is 11.4. The number of carbonyl (C=O) groups is 1. The van der Waals surface area contributed by atoms with Crippen LogP contribution in [0, 0.1) is 0 Å². The minimum Gasteiger partial charge on any atom is -0.394 e. The van der Waals surface area contributed by atoms with Crippen molar-refractivity contribution in [3.63, 3.8) is 0 Å². The molecule has 1 aliphatic rings. The molecule has 1 amide bonds. The molecule has 75 heavy (non-hydrogen) atoms. The van der Waals surface area contributed by atoms with E-state index in [1.54, 1.807) is 0 Å². The lowest BCUT2D eigenvalue weighted by Crippen LogP contribution is -2.60. The van der Waals surface area contributed by atoms with Gasteiger partial charge in [0.1, 0.15) is 24.4 Å². The second-order valence-corrected chi connectivity index (χ2v) is 24.0. The molecule has 1 saturated heterocycles. The Morgan fingerprint density at radius 3 is 0.947 bits per heavy atom. The number of hydrogen-bond donors (Lipinski definition) is 6. The van der Waals surface area contributed by atoms with Gasteiger partial charge >= 0.3 is 0 Å². The molecule has 7 unspecified atom stereocenters. The highest BCUT2D eigenvalue weighted by Crippen LogP contribution is 2.24. The highest BCUT2D eigenvalue weighted by atomic mass is 16.7. The number of rotatable bonds is 60. The summed E-state index contributed by atoms with van der Waals surface area (Å²) in [5.74, 6) is -0.133. The van der Waals surface area contributed by atoms with Crippen molar-refractivity contribution >= 4 is 5.91 Å². The van der Waals surface area contributed by atoms with E-state index in [-0.39, 0.29) is 12.5 Å². The zero-order valence-corrected chi connectivity index (χ0v) is 50.1. The van der Waals surface area contributed by atoms with Gasteiger partial charge in [0.05, 0.1) is 25.4 Å². The van der Waals surface area contributed by atoms with E-state index >= 15 is 0 Å². The first-order valence-corrected chi connectivity index (χ1v) is 33.7. The van der Waals surface area contributed by atoms with Crippen LogP contribution in [0.4, 0.5) is 0 Å². The van der Waals surface area contributed by atoms with Crippen molar-refractivity contribution < 1.29 is 39.8 Å². The van der Waals surface area contributed by atoms with E-state index in [1.807, 2.05) is 0 Å². The number of carbonyl (C=O) groups excluding carboxylic acids is 1. The topological polar surface area (TPSA) is 149 Å². The van der Waals surface area contributed by atoms with Crippen LogP contribution < -0.4 is 5.32 Å². The molecule has 1 heterocycles. The highest BCUT2D eigenvalue weighted by Gasteiger charge is 2.44. The zero-order valence-electron chi connectivity index (χ0n) is 50.1. The number of unbranched alkanes of at least 4 members (excludes halogenated alkanes) is 50. The second kappa shape index (κ2) is 56.5. The van der Waals surface area contributed by atoms with Gasteiger partial charge in [0.15, 0.2) is 6.29 Å². The van der Waals surface area contributed by atoms with Crippen molar-refractivity contribution in [1.82, 2.24) is 5.32 Å². The smallest absolute Gasteiger partial charge is 0.220 e. The number of aliphatic hydroxyl groups excluding tert-OH is 5. The molecule has 1 fully saturated rings. The van der Waals surface area contributed by atoms with E-state index in [0.29, 0.717) is 12.8 Å². The third kappa shape index (κ3) is 45.6. The van der Waals surface area contributed by atoms with Crippen LogP contribution in [0.5, 0.6) is 0 Å². The van der Waals surface area contributed by atoms with Crippen molar-refractivity contribution in [2.45, 2.75) is 403 Å². The standard InChI is InChI=1S/C66H131NO8/c1-3-5-7-9-11-13-15-17-19-21-23-25-27-29-31-33-35-37-39-41-43-45-47-49-51-53-55-60(69)59(58-74-66-65(73)64(72)63(71)61(57-68)75-66)67-62(70)56-54-52-50-48-46-44-42-40-38-36-34-32-30-28-26-24-22-20-18-16-14-12-10-8-6-4-2/h59-61,63-66,68-69,71-73H,3-58H2,1-2H3,(H,67,70). The molecule has 9 nitrogen and oxygen atoms in total. The van der Waals surface area contributed by atoms with Crippen molar-refractivity contribution in [3.05, 3.63) is 0 Å². The molecule has 0 aromatic heterocycles. The second-order valence-electron chi connectivity index (χ2n) is 24.0. The van der Waals surface area contributed by atoms with Gasteiger partial charge in [-0.3, -0.25) is 4.79 Å². The van der Waals surface area contributed by atoms with E-state index < -0.39 is 49.5 Å². The Morgan fingerprint density at radius 1 is 0.400 bits per heavy atom. The van der Waals surface area contributed by atoms with Gasteiger partial charge < -0.3 is 40.3 Å². The molecular weight excluding hydrogens is 935 g/mol. The minimum absolute atomic E-state index is 0.130. The average Bonchev–Trinajstić information content (AvgIpc) is 3.41. The van der Waals surface area contributed by atoms with Crippen LogP contribution in [0.2, 0.25) is 0 Å². The third-order valence-electron chi connectivity index (χ3n) is 16.7. The Balaban J connectivity index is 2.12. The zero-order chi connectivity index (χ0) is 54.3. The molecule has 448 valence electrons. The van der Waals surface area contributed by atoms with Gasteiger partial charge in [0.25, 0.3) is 0 Å². The third-order valence-corrected chi connectivity index (χ3v) is 16.7. The van der Waals surface area contributed by atoms with Gasteiger partial charge in [0, 0.05) is 6.42 Å². The Bertz CT molecular complexity index is 1140. The van der Waals surface area contributed by atoms with E-state index in [4.69, 9.17) is 9.47 Å². The van der Waals surface area contributed by atoms with Gasteiger partial charge in [-0.25, -0.2) is 0 Å². The molecular formula is C66H131NO8. The van der Waals surface area contributed by atoms with E-state index in [1.165, 1.54) is 295 Å². The normalized spacial score (nSPS) is 18.7. The van der Waals surface area contributed by atoms with E-state index in [0.717, 1.165) is 38.5 Å². The predicted octanol–water partition coefficient (Wildman–Crippen LogP) is 17.8. The Labute approximate surface area is 465 Å². The average molecular weight is 1070 g/mol. The molecule has 0 spiro atoms. The molecule has 0 aliphatic carbocycles. The molecule has 0 aromatic rings. The maximum atomic E-state index is 13.1. The summed E-state index contributed by atoms with van der Waals surface area (Å²) in [6.45, 7) is 3.91. The van der Waals surface area contributed by atoms with Crippen LogP contribution in [0.25, 0.3) is 0 Å². The summed E-state index contributed by atoms with van der Waals surface area (Å²) in [6.07, 6.45) is 63.0. The maximum Gasteiger partial charge on any atom is 0.220 e. The lowest BCUT2D eigenvalue weighted by molar-refractivity contribution is -0.302. The Kier molecular flexibility index (Phi) is 54.4. The van der Waals surface area contributed by atoms with Gasteiger partial charge in [0.2, 0.25) is 5.91 Å². The van der Waals surface area contributed by atoms with Crippen molar-refractivity contribution in [2.24, 2.45) is 0 Å². The van der Waals surface area contributed by atoms with Crippen LogP contribution in [-0.4, -0.2) is 87.5 Å². The van der Waals surface area contributed by atoms with Gasteiger partial charge in [-0.05, 0) is 12.8 Å². The summed E-state index contributed by atoms with van der Waals surface area (Å²) in [4.78, 5) is 13.1. The molecule has 1 aliphatic heterocycles. The summed E-state index contributed by atoms with van der Waals surface area (Å²) in [6, 6.07) is -0.715. The molecule has 1 rings (SSSR count). The summed E-state index contributed by atoms with van der Waals surface area (Å²) in [7, 11) is 0. The summed E-state index contributed by atoms with van der Waals surface area (Å²) >= 11 is 0. The number of aliphatic hydroxyl groups is 5. The van der Waals surface area contributed by atoms with Crippen molar-refractivity contribution in [2.75, 3.05) is 13.2 Å². The molecule has 0 bridgehead atoms. The van der Waals surface area contributed by atoms with Crippen LogP contribution in [0.15, 0.2) is 0 Å². The van der Waals surface area contributed by atoms with Crippen LogP contribution in [0.3, 0.4) is 0 Å². The predicted molar refractivity (Wildman–Crippen MR) is 318 cm³/mol. The number of nitrogens with one attached hydrogen (secondary N) is 1. The highest BCUT2D eigenvalue weighted by molar-refractivity contribution is 5.76. The lowest BCUT2D eigenvalue weighted by atomic mass is 9.99. The molecule has 6 N–H and O–H groups in total. The first-order chi connectivity index (χ1) is 36.8. The van der Waals surface area contributed by atoms with E-state index in [9.17, 15) is 30.3 Å². The monoisotopic (exact) mass is 1070 g/mol. The first-order valence-electron chi connectivity index (χ1n) is 33.7. The van der Waals surface area contributed by atoms with Crippen LogP contribution in [-0.2, 0) is 14.3 Å². The SMILES string of the molecule is CCCCCCCCCCCCCCCCCCCCCCCCCCCCC(=O)NC(COC1OC(CO)C(O)C(O)C1O)C(O)CCCCCCCCCCCCCCCCCCCCCCCCCCCC. The van der Waals surface area contributed by atoms with Crippen LogP contribution >= 0.6 is 0 Å².